The van der Waals surface area contributed by atoms with E-state index in [9.17, 15) is 9.59 Å². The van der Waals surface area contributed by atoms with E-state index < -0.39 is 0 Å². The third-order valence-corrected chi connectivity index (χ3v) is 6.35. The minimum Gasteiger partial charge on any atom is -0.368 e. The summed E-state index contributed by atoms with van der Waals surface area (Å²) in [6.45, 7) is 4.43. The number of fused-ring (bicyclic) bond motifs is 1. The monoisotopic (exact) mass is 447 g/mol. The molecule has 0 saturated carbocycles. The van der Waals surface area contributed by atoms with Gasteiger partial charge in [-0.2, -0.15) is 0 Å². The number of imidazole rings is 1. The molecule has 4 heterocycles. The molecule has 0 spiro atoms. The number of rotatable bonds is 9. The molecule has 9 nitrogen and oxygen atoms in total. The van der Waals surface area contributed by atoms with Gasteiger partial charge in [0.25, 0.3) is 0 Å². The first kappa shape index (κ1) is 21.4. The maximum atomic E-state index is 12.0. The maximum absolute atomic E-state index is 12.0. The molecule has 1 N–H and O–H groups in total. The summed E-state index contributed by atoms with van der Waals surface area (Å²) in [6, 6.07) is 9.90. The lowest BCUT2D eigenvalue weighted by molar-refractivity contribution is -0.128. The average Bonchev–Trinajstić information content (AvgIpc) is 3.56. The SMILES string of the molecule is O=C1CCCN1CCCNc1nc(-c2ccccc2)nc2c1ncn2CCN1CCCC1=O. The smallest absolute Gasteiger partial charge is 0.222 e. The number of amides is 2. The summed E-state index contributed by atoms with van der Waals surface area (Å²) in [5.74, 6) is 1.81. The van der Waals surface area contributed by atoms with Crippen LogP contribution in [0.4, 0.5) is 5.82 Å². The number of nitrogens with zero attached hydrogens (tertiary/aromatic N) is 6. The zero-order valence-electron chi connectivity index (χ0n) is 18.7. The number of aromatic nitrogens is 4. The van der Waals surface area contributed by atoms with Crippen LogP contribution in [-0.4, -0.2) is 73.9 Å². The van der Waals surface area contributed by atoms with E-state index in [1.165, 1.54) is 0 Å². The summed E-state index contributed by atoms with van der Waals surface area (Å²) in [6.07, 6.45) is 5.82. The van der Waals surface area contributed by atoms with Gasteiger partial charge in [0.1, 0.15) is 5.52 Å². The summed E-state index contributed by atoms with van der Waals surface area (Å²) in [4.78, 5) is 41.9. The Morgan fingerprint density at radius 3 is 2.30 bits per heavy atom. The zero-order chi connectivity index (χ0) is 22.6. The first-order valence-electron chi connectivity index (χ1n) is 11.8. The number of hydrogen-bond donors (Lipinski definition) is 1. The van der Waals surface area contributed by atoms with Crippen molar-refractivity contribution < 1.29 is 9.59 Å². The largest absolute Gasteiger partial charge is 0.368 e. The Labute approximate surface area is 192 Å². The second-order valence-electron chi connectivity index (χ2n) is 8.62. The van der Waals surface area contributed by atoms with E-state index in [2.05, 4.69) is 10.3 Å². The highest BCUT2D eigenvalue weighted by Gasteiger charge is 2.21. The van der Waals surface area contributed by atoms with E-state index in [1.54, 1.807) is 6.33 Å². The van der Waals surface area contributed by atoms with Crippen molar-refractivity contribution in [2.45, 2.75) is 38.6 Å². The van der Waals surface area contributed by atoms with Crippen LogP contribution >= 0.6 is 0 Å². The summed E-state index contributed by atoms with van der Waals surface area (Å²) < 4.78 is 2.00. The van der Waals surface area contributed by atoms with Crippen LogP contribution in [0.25, 0.3) is 22.6 Å². The summed E-state index contributed by atoms with van der Waals surface area (Å²) in [5, 5.41) is 3.42. The van der Waals surface area contributed by atoms with Gasteiger partial charge in [-0.1, -0.05) is 30.3 Å². The van der Waals surface area contributed by atoms with E-state index in [0.29, 0.717) is 44.1 Å². The van der Waals surface area contributed by atoms with Crippen molar-refractivity contribution in [1.29, 1.82) is 0 Å². The lowest BCUT2D eigenvalue weighted by Crippen LogP contribution is -2.28. The molecule has 2 aliphatic heterocycles. The van der Waals surface area contributed by atoms with Crippen LogP contribution in [0, 0.1) is 0 Å². The van der Waals surface area contributed by atoms with Gasteiger partial charge in [0.15, 0.2) is 17.3 Å². The van der Waals surface area contributed by atoms with Crippen LogP contribution in [0.2, 0.25) is 0 Å². The fraction of sp³-hybridized carbons (Fsp3) is 0.458. The molecule has 0 radical (unpaired) electrons. The van der Waals surface area contributed by atoms with Gasteiger partial charge >= 0.3 is 0 Å². The van der Waals surface area contributed by atoms with Gasteiger partial charge < -0.3 is 19.7 Å². The summed E-state index contributed by atoms with van der Waals surface area (Å²) in [5.41, 5.74) is 2.42. The highest BCUT2D eigenvalue weighted by molar-refractivity contribution is 5.85. The van der Waals surface area contributed by atoms with Crippen LogP contribution in [-0.2, 0) is 16.1 Å². The standard InChI is InChI=1S/C24H29N7O2/c32-19-9-4-12-29(19)14-6-11-25-23-21-24(28-22(27-23)18-7-2-1-3-8-18)31(17-26-21)16-15-30-13-5-10-20(30)33/h1-3,7-8,17H,4-6,9-16H2,(H,25,27,28). The topological polar surface area (TPSA) is 96.2 Å². The van der Waals surface area contributed by atoms with Crippen molar-refractivity contribution in [2.24, 2.45) is 0 Å². The van der Waals surface area contributed by atoms with E-state index >= 15 is 0 Å². The molecule has 33 heavy (non-hydrogen) atoms. The number of benzene rings is 1. The van der Waals surface area contributed by atoms with Crippen LogP contribution in [0.1, 0.15) is 32.1 Å². The molecular formula is C24H29N7O2. The molecular weight excluding hydrogens is 418 g/mol. The van der Waals surface area contributed by atoms with Gasteiger partial charge in [0.2, 0.25) is 11.8 Å². The third kappa shape index (κ3) is 4.67. The van der Waals surface area contributed by atoms with Crippen LogP contribution in [0.15, 0.2) is 36.7 Å². The fourth-order valence-corrected chi connectivity index (χ4v) is 4.53. The van der Waals surface area contributed by atoms with Gasteiger partial charge in [-0.25, -0.2) is 15.0 Å². The zero-order valence-corrected chi connectivity index (χ0v) is 18.7. The van der Waals surface area contributed by atoms with Gasteiger partial charge in [0.05, 0.1) is 6.33 Å². The normalized spacial score (nSPS) is 16.4. The predicted octanol–water partition coefficient (Wildman–Crippen LogP) is 2.54. The van der Waals surface area contributed by atoms with Crippen molar-refractivity contribution in [2.75, 3.05) is 38.0 Å². The minimum atomic E-state index is 0.220. The summed E-state index contributed by atoms with van der Waals surface area (Å²) in [7, 11) is 0. The Bertz CT molecular complexity index is 1140. The Morgan fingerprint density at radius 2 is 1.61 bits per heavy atom. The lowest BCUT2D eigenvalue weighted by Gasteiger charge is -2.16. The number of hydrogen-bond acceptors (Lipinski definition) is 6. The molecule has 5 rings (SSSR count). The maximum Gasteiger partial charge on any atom is 0.222 e. The van der Waals surface area contributed by atoms with E-state index in [-0.39, 0.29) is 11.8 Å². The van der Waals surface area contributed by atoms with E-state index in [0.717, 1.165) is 55.6 Å². The Balaban J connectivity index is 1.36. The number of carbonyl (C=O) groups is 2. The molecule has 2 aliphatic rings. The number of carbonyl (C=O) groups excluding carboxylic acids is 2. The molecule has 2 saturated heterocycles. The van der Waals surface area contributed by atoms with Gasteiger partial charge in [0, 0.05) is 57.7 Å². The lowest BCUT2D eigenvalue weighted by atomic mass is 10.2. The third-order valence-electron chi connectivity index (χ3n) is 6.35. The van der Waals surface area contributed by atoms with E-state index in [1.807, 2.05) is 44.7 Å². The molecule has 0 unspecified atom stereocenters. The average molecular weight is 448 g/mol. The van der Waals surface area contributed by atoms with Crippen molar-refractivity contribution >= 4 is 28.8 Å². The molecule has 172 valence electrons. The van der Waals surface area contributed by atoms with Crippen molar-refractivity contribution in [3.05, 3.63) is 36.7 Å². The van der Waals surface area contributed by atoms with Gasteiger partial charge in [-0.3, -0.25) is 9.59 Å². The Hall–Kier alpha value is -3.49. The molecule has 0 atom stereocenters. The predicted molar refractivity (Wildman–Crippen MR) is 125 cm³/mol. The summed E-state index contributed by atoms with van der Waals surface area (Å²) >= 11 is 0. The molecule has 2 amide bonds. The highest BCUT2D eigenvalue weighted by atomic mass is 16.2. The Kier molecular flexibility index (Phi) is 6.19. The quantitative estimate of drug-likeness (QED) is 0.507. The molecule has 2 fully saturated rings. The van der Waals surface area contributed by atoms with Crippen molar-refractivity contribution in [3.63, 3.8) is 0 Å². The van der Waals surface area contributed by atoms with Gasteiger partial charge in [-0.15, -0.1) is 0 Å². The van der Waals surface area contributed by atoms with Crippen LogP contribution in [0.5, 0.6) is 0 Å². The molecule has 0 aliphatic carbocycles. The minimum absolute atomic E-state index is 0.220. The second-order valence-corrected chi connectivity index (χ2v) is 8.62. The van der Waals surface area contributed by atoms with Crippen LogP contribution in [0.3, 0.4) is 0 Å². The number of anilines is 1. The van der Waals surface area contributed by atoms with Crippen molar-refractivity contribution in [1.82, 2.24) is 29.3 Å². The molecule has 1 aromatic carbocycles. The van der Waals surface area contributed by atoms with Crippen LogP contribution < -0.4 is 5.32 Å². The molecule has 2 aromatic heterocycles. The first-order chi connectivity index (χ1) is 16.2. The molecule has 0 bridgehead atoms. The van der Waals surface area contributed by atoms with Gasteiger partial charge in [-0.05, 0) is 19.3 Å². The number of nitrogens with one attached hydrogen (secondary N) is 1. The Morgan fingerprint density at radius 1 is 0.879 bits per heavy atom. The highest BCUT2D eigenvalue weighted by Crippen LogP contribution is 2.24. The van der Waals surface area contributed by atoms with E-state index in [4.69, 9.17) is 9.97 Å². The molecule has 9 heteroatoms. The first-order valence-corrected chi connectivity index (χ1v) is 11.8. The second kappa shape index (κ2) is 9.56. The fourth-order valence-electron chi connectivity index (χ4n) is 4.53. The number of likely N-dealkylation sites (tertiary alicyclic amines) is 2. The van der Waals surface area contributed by atoms with Crippen molar-refractivity contribution in [3.8, 4) is 11.4 Å². The molecule has 3 aromatic rings.